The molecule has 1 aliphatic carbocycles. The lowest BCUT2D eigenvalue weighted by Gasteiger charge is -2.39. The molecule has 1 heterocycles. The van der Waals surface area contributed by atoms with Crippen LogP contribution < -0.4 is 5.32 Å². The molecule has 1 aromatic rings. The van der Waals surface area contributed by atoms with Gasteiger partial charge in [0.15, 0.2) is 15.8 Å². The molecule has 1 saturated carbocycles. The van der Waals surface area contributed by atoms with Crippen molar-refractivity contribution in [1.29, 1.82) is 0 Å². The number of guanidine groups is 1. The van der Waals surface area contributed by atoms with E-state index in [9.17, 15) is 8.42 Å². The number of hydrogen-bond acceptors (Lipinski definition) is 3. The monoisotopic (exact) mass is 413 g/mol. The first-order valence-electron chi connectivity index (χ1n) is 8.19. The van der Waals surface area contributed by atoms with Gasteiger partial charge in [0.1, 0.15) is 0 Å². The fraction of sp³-hybridized carbons (Fsp3) is 0.588. The van der Waals surface area contributed by atoms with E-state index in [2.05, 4.69) is 55.4 Å². The molecule has 2 aliphatic rings. The number of nitrogens with zero attached hydrogens (tertiary/aromatic N) is 2. The molecule has 0 amide bonds. The Morgan fingerprint density at radius 3 is 2.58 bits per heavy atom. The third-order valence-electron chi connectivity index (χ3n) is 4.96. The van der Waals surface area contributed by atoms with Crippen molar-refractivity contribution in [2.45, 2.75) is 37.0 Å². The molecular formula is C17H24BrN3O2S. The number of nitrogens with one attached hydrogen (secondary N) is 1. The van der Waals surface area contributed by atoms with Gasteiger partial charge in [0.2, 0.25) is 0 Å². The summed E-state index contributed by atoms with van der Waals surface area (Å²) in [4.78, 5) is 6.44. The molecule has 2 unspecified atom stereocenters. The Bertz CT molecular complexity index is 744. The van der Waals surface area contributed by atoms with E-state index in [4.69, 9.17) is 0 Å². The summed E-state index contributed by atoms with van der Waals surface area (Å²) in [6, 6.07) is 8.80. The molecular weight excluding hydrogens is 390 g/mol. The molecule has 0 radical (unpaired) electrons. The van der Waals surface area contributed by atoms with Crippen molar-refractivity contribution in [3.8, 4) is 0 Å². The molecule has 132 valence electrons. The summed E-state index contributed by atoms with van der Waals surface area (Å²) < 4.78 is 24.7. The minimum atomic E-state index is -3.04. The molecule has 7 heteroatoms. The van der Waals surface area contributed by atoms with Gasteiger partial charge in [-0.1, -0.05) is 28.1 Å². The standard InChI is InChI=1S/C17H24BrN3O2S/c1-17(2)11-21(8-9-24(17,22)23)16(19-3)20-15-10-14(15)12-4-6-13(18)7-5-12/h4-7,14-15H,8-11H2,1-3H3,(H,19,20). The van der Waals surface area contributed by atoms with Gasteiger partial charge in [0.25, 0.3) is 0 Å². The van der Waals surface area contributed by atoms with E-state index >= 15 is 0 Å². The van der Waals surface area contributed by atoms with Crippen LogP contribution in [0, 0.1) is 0 Å². The molecule has 2 fully saturated rings. The van der Waals surface area contributed by atoms with Gasteiger partial charge in [-0.05, 0) is 38.0 Å². The highest BCUT2D eigenvalue weighted by Crippen LogP contribution is 2.41. The quantitative estimate of drug-likeness (QED) is 0.597. The van der Waals surface area contributed by atoms with Crippen molar-refractivity contribution in [1.82, 2.24) is 10.2 Å². The van der Waals surface area contributed by atoms with Gasteiger partial charge in [-0.3, -0.25) is 4.99 Å². The lowest BCUT2D eigenvalue weighted by atomic mass is 10.1. The summed E-state index contributed by atoms with van der Waals surface area (Å²) in [5.74, 6) is 1.49. The predicted molar refractivity (Wildman–Crippen MR) is 101 cm³/mol. The lowest BCUT2D eigenvalue weighted by Crippen LogP contribution is -2.57. The highest BCUT2D eigenvalue weighted by atomic mass is 79.9. The van der Waals surface area contributed by atoms with Gasteiger partial charge >= 0.3 is 0 Å². The molecule has 2 atom stereocenters. The van der Waals surface area contributed by atoms with Crippen LogP contribution in [-0.2, 0) is 9.84 Å². The Balaban J connectivity index is 1.64. The van der Waals surface area contributed by atoms with Gasteiger partial charge in [0, 0.05) is 36.6 Å². The first-order chi connectivity index (χ1) is 11.2. The number of hydrogen-bond donors (Lipinski definition) is 1. The first-order valence-corrected chi connectivity index (χ1v) is 10.6. The second-order valence-electron chi connectivity index (χ2n) is 7.19. The summed E-state index contributed by atoms with van der Waals surface area (Å²) in [5.41, 5.74) is 1.33. The zero-order valence-electron chi connectivity index (χ0n) is 14.3. The van der Waals surface area contributed by atoms with Crippen LogP contribution in [0.1, 0.15) is 31.7 Å². The molecule has 1 saturated heterocycles. The average molecular weight is 414 g/mol. The van der Waals surface area contributed by atoms with Gasteiger partial charge in [-0.15, -0.1) is 0 Å². The largest absolute Gasteiger partial charge is 0.353 e. The van der Waals surface area contributed by atoms with E-state index in [1.54, 1.807) is 20.9 Å². The van der Waals surface area contributed by atoms with Crippen LogP contribution in [0.25, 0.3) is 0 Å². The van der Waals surface area contributed by atoms with Crippen LogP contribution in [0.4, 0.5) is 0 Å². The van der Waals surface area contributed by atoms with Gasteiger partial charge < -0.3 is 10.2 Å². The predicted octanol–water partition coefficient (Wildman–Crippen LogP) is 2.39. The van der Waals surface area contributed by atoms with Crippen molar-refractivity contribution >= 4 is 31.7 Å². The van der Waals surface area contributed by atoms with Crippen molar-refractivity contribution in [2.75, 3.05) is 25.9 Å². The average Bonchev–Trinajstić information content (AvgIpc) is 3.28. The fourth-order valence-electron chi connectivity index (χ4n) is 3.22. The molecule has 0 spiro atoms. The minimum absolute atomic E-state index is 0.182. The maximum Gasteiger partial charge on any atom is 0.193 e. The molecule has 0 aromatic heterocycles. The third-order valence-corrected chi connectivity index (χ3v) is 8.02. The Hall–Kier alpha value is -1.08. The van der Waals surface area contributed by atoms with Crippen LogP contribution in [0.3, 0.4) is 0 Å². The number of benzene rings is 1. The Kier molecular flexibility index (Phi) is 4.68. The van der Waals surface area contributed by atoms with Crippen LogP contribution in [0.15, 0.2) is 33.7 Å². The van der Waals surface area contributed by atoms with E-state index in [1.807, 2.05) is 0 Å². The van der Waals surface area contributed by atoms with Crippen LogP contribution in [0.5, 0.6) is 0 Å². The highest BCUT2D eigenvalue weighted by Gasteiger charge is 2.43. The van der Waals surface area contributed by atoms with Gasteiger partial charge in [-0.2, -0.15) is 0 Å². The van der Waals surface area contributed by atoms with Gasteiger partial charge in [0.05, 0.1) is 10.5 Å². The van der Waals surface area contributed by atoms with E-state index in [-0.39, 0.29) is 5.75 Å². The Morgan fingerprint density at radius 2 is 2.00 bits per heavy atom. The summed E-state index contributed by atoms with van der Waals surface area (Å²) in [7, 11) is -1.28. The maximum absolute atomic E-state index is 12.2. The van der Waals surface area contributed by atoms with Gasteiger partial charge in [-0.25, -0.2) is 8.42 Å². The van der Waals surface area contributed by atoms with E-state index in [0.29, 0.717) is 25.0 Å². The van der Waals surface area contributed by atoms with Crippen LogP contribution in [-0.4, -0.2) is 56.0 Å². The van der Waals surface area contributed by atoms with Crippen molar-refractivity contribution in [3.05, 3.63) is 34.3 Å². The summed E-state index contributed by atoms with van der Waals surface area (Å²) in [6.45, 7) is 4.57. The molecule has 3 rings (SSSR count). The van der Waals surface area contributed by atoms with Crippen molar-refractivity contribution in [3.63, 3.8) is 0 Å². The molecule has 1 aromatic carbocycles. The Labute approximate surface area is 152 Å². The molecule has 5 nitrogen and oxygen atoms in total. The third kappa shape index (κ3) is 3.47. The number of halogens is 1. The summed E-state index contributed by atoms with van der Waals surface area (Å²) in [6.07, 6.45) is 1.08. The summed E-state index contributed by atoms with van der Waals surface area (Å²) in [5, 5.41) is 3.51. The topological polar surface area (TPSA) is 61.8 Å². The molecule has 24 heavy (non-hydrogen) atoms. The number of sulfone groups is 1. The first kappa shape index (κ1) is 17.7. The maximum atomic E-state index is 12.2. The SMILES string of the molecule is CN=C(NC1CC1c1ccc(Br)cc1)N1CCS(=O)(=O)C(C)(C)C1. The normalized spacial score (nSPS) is 28.5. The molecule has 1 N–H and O–H groups in total. The van der Waals surface area contributed by atoms with Crippen LogP contribution >= 0.6 is 15.9 Å². The highest BCUT2D eigenvalue weighted by molar-refractivity contribution is 9.10. The molecule has 1 aliphatic heterocycles. The fourth-order valence-corrected chi connectivity index (χ4v) is 4.85. The Morgan fingerprint density at radius 1 is 1.33 bits per heavy atom. The van der Waals surface area contributed by atoms with E-state index < -0.39 is 14.6 Å². The number of aliphatic imine (C=N–C) groups is 1. The zero-order chi connectivity index (χ0) is 17.5. The second kappa shape index (κ2) is 6.33. The molecule has 0 bridgehead atoms. The number of rotatable bonds is 2. The smallest absolute Gasteiger partial charge is 0.193 e. The lowest BCUT2D eigenvalue weighted by molar-refractivity contribution is 0.353. The van der Waals surface area contributed by atoms with E-state index in [0.717, 1.165) is 16.9 Å². The minimum Gasteiger partial charge on any atom is -0.353 e. The van der Waals surface area contributed by atoms with E-state index in [1.165, 1.54) is 5.56 Å². The second-order valence-corrected chi connectivity index (χ2v) is 10.9. The van der Waals surface area contributed by atoms with Crippen LogP contribution in [0.2, 0.25) is 0 Å². The zero-order valence-corrected chi connectivity index (χ0v) is 16.7. The summed E-state index contributed by atoms with van der Waals surface area (Å²) >= 11 is 3.46. The van der Waals surface area contributed by atoms with Crippen molar-refractivity contribution in [2.24, 2.45) is 4.99 Å². The van der Waals surface area contributed by atoms with Crippen molar-refractivity contribution < 1.29 is 8.42 Å².